The normalized spacial score (nSPS) is 13.2. The van der Waals surface area contributed by atoms with Crippen LogP contribution in [0.3, 0.4) is 0 Å². The van der Waals surface area contributed by atoms with Gasteiger partial charge in [0.1, 0.15) is 5.69 Å². The van der Waals surface area contributed by atoms with Gasteiger partial charge in [0.25, 0.3) is 0 Å². The van der Waals surface area contributed by atoms with Gasteiger partial charge in [-0.25, -0.2) is 0 Å². The highest BCUT2D eigenvalue weighted by Crippen LogP contribution is 2.38. The van der Waals surface area contributed by atoms with Gasteiger partial charge < -0.3 is 9.84 Å². The molecular weight excluding hydrogens is 248 g/mol. The Kier molecular flexibility index (Phi) is 2.22. The molecule has 1 aromatic heterocycles. The molecule has 0 saturated heterocycles. The Bertz CT molecular complexity index is 730. The van der Waals surface area contributed by atoms with Crippen LogP contribution in [0.5, 0.6) is 11.5 Å². The minimum atomic E-state index is -0.422. The maximum atomic E-state index is 12.3. The SMILES string of the molecule is COc1ccc2c(c1O)C(=O)c1cnn(C)c1C2=O. The van der Waals surface area contributed by atoms with E-state index in [1.54, 1.807) is 7.05 Å². The summed E-state index contributed by atoms with van der Waals surface area (Å²) in [5, 5.41) is 13.9. The summed E-state index contributed by atoms with van der Waals surface area (Å²) >= 11 is 0. The highest BCUT2D eigenvalue weighted by Gasteiger charge is 2.35. The number of fused-ring (bicyclic) bond motifs is 2. The van der Waals surface area contributed by atoms with Gasteiger partial charge in [0.05, 0.1) is 24.4 Å². The number of ether oxygens (including phenoxy) is 1. The van der Waals surface area contributed by atoms with Gasteiger partial charge in [-0.2, -0.15) is 5.10 Å². The average Bonchev–Trinajstić information content (AvgIpc) is 2.78. The summed E-state index contributed by atoms with van der Waals surface area (Å²) in [6.45, 7) is 0. The molecule has 0 fully saturated rings. The molecule has 1 aliphatic rings. The lowest BCUT2D eigenvalue weighted by molar-refractivity contribution is 0.0971. The Morgan fingerprint density at radius 2 is 1.95 bits per heavy atom. The number of ketones is 2. The fraction of sp³-hybridized carbons (Fsp3) is 0.154. The van der Waals surface area contributed by atoms with Crippen molar-refractivity contribution in [2.45, 2.75) is 0 Å². The number of carbonyl (C=O) groups excluding carboxylic acids is 2. The van der Waals surface area contributed by atoms with Crippen LogP contribution in [0.4, 0.5) is 0 Å². The summed E-state index contributed by atoms with van der Waals surface area (Å²) in [5.41, 5.74) is 0.579. The Morgan fingerprint density at radius 3 is 2.63 bits per heavy atom. The Labute approximate surface area is 108 Å². The molecule has 0 spiro atoms. The van der Waals surface area contributed by atoms with Gasteiger partial charge >= 0.3 is 0 Å². The van der Waals surface area contributed by atoms with Crippen molar-refractivity contribution in [2.24, 2.45) is 7.05 Å². The van der Waals surface area contributed by atoms with Crippen LogP contribution in [-0.2, 0) is 7.05 Å². The van der Waals surface area contributed by atoms with E-state index in [9.17, 15) is 14.7 Å². The highest BCUT2D eigenvalue weighted by atomic mass is 16.5. The zero-order valence-electron chi connectivity index (χ0n) is 10.3. The number of methoxy groups -OCH3 is 1. The van der Waals surface area contributed by atoms with Crippen molar-refractivity contribution in [1.29, 1.82) is 0 Å². The maximum absolute atomic E-state index is 12.3. The zero-order valence-corrected chi connectivity index (χ0v) is 10.3. The van der Waals surface area contributed by atoms with Crippen molar-refractivity contribution in [3.8, 4) is 11.5 Å². The van der Waals surface area contributed by atoms with E-state index < -0.39 is 5.78 Å². The third kappa shape index (κ3) is 1.33. The number of phenolic OH excluding ortho intramolecular Hbond substituents is 1. The Morgan fingerprint density at radius 1 is 1.21 bits per heavy atom. The molecule has 0 saturated carbocycles. The van der Waals surface area contributed by atoms with E-state index in [0.29, 0.717) is 0 Å². The first kappa shape index (κ1) is 11.5. The van der Waals surface area contributed by atoms with E-state index in [-0.39, 0.29) is 39.7 Å². The van der Waals surface area contributed by atoms with Gasteiger partial charge in [-0.1, -0.05) is 0 Å². The van der Waals surface area contributed by atoms with Gasteiger partial charge in [0, 0.05) is 12.6 Å². The maximum Gasteiger partial charge on any atom is 0.212 e. The second-order valence-electron chi connectivity index (χ2n) is 4.23. The van der Waals surface area contributed by atoms with Crippen molar-refractivity contribution >= 4 is 11.6 Å². The summed E-state index contributed by atoms with van der Waals surface area (Å²) in [6.07, 6.45) is 1.33. The topological polar surface area (TPSA) is 81.4 Å². The number of nitrogens with zero attached hydrogens (tertiary/aromatic N) is 2. The van der Waals surface area contributed by atoms with Crippen LogP contribution in [-0.4, -0.2) is 33.6 Å². The molecule has 1 aliphatic carbocycles. The lowest BCUT2D eigenvalue weighted by atomic mass is 9.87. The van der Waals surface area contributed by atoms with Crippen molar-refractivity contribution < 1.29 is 19.4 Å². The molecule has 1 N–H and O–H groups in total. The molecule has 3 rings (SSSR count). The molecule has 1 aromatic carbocycles. The molecule has 1 heterocycles. The van der Waals surface area contributed by atoms with Gasteiger partial charge in [0.15, 0.2) is 11.5 Å². The second-order valence-corrected chi connectivity index (χ2v) is 4.23. The van der Waals surface area contributed by atoms with Gasteiger partial charge in [-0.3, -0.25) is 14.3 Å². The average molecular weight is 258 g/mol. The number of rotatable bonds is 1. The van der Waals surface area contributed by atoms with Gasteiger partial charge in [0.2, 0.25) is 11.6 Å². The highest BCUT2D eigenvalue weighted by molar-refractivity contribution is 6.28. The number of benzene rings is 1. The van der Waals surface area contributed by atoms with Crippen LogP contribution in [0, 0.1) is 0 Å². The third-order valence-corrected chi connectivity index (χ3v) is 3.23. The van der Waals surface area contributed by atoms with Crippen LogP contribution < -0.4 is 4.74 Å². The largest absolute Gasteiger partial charge is 0.504 e. The van der Waals surface area contributed by atoms with E-state index in [0.717, 1.165) is 0 Å². The number of carbonyl (C=O) groups is 2. The molecule has 0 amide bonds. The summed E-state index contributed by atoms with van der Waals surface area (Å²) < 4.78 is 6.31. The van der Waals surface area contributed by atoms with Crippen molar-refractivity contribution in [3.05, 3.63) is 40.7 Å². The van der Waals surface area contributed by atoms with E-state index in [4.69, 9.17) is 4.74 Å². The van der Waals surface area contributed by atoms with Crippen molar-refractivity contribution in [3.63, 3.8) is 0 Å². The summed E-state index contributed by atoms with van der Waals surface area (Å²) in [4.78, 5) is 24.7. The molecular formula is C13H10N2O4. The molecule has 0 bridgehead atoms. The van der Waals surface area contributed by atoms with Crippen LogP contribution in [0.2, 0.25) is 0 Å². The monoisotopic (exact) mass is 258 g/mol. The molecule has 96 valence electrons. The summed E-state index contributed by atoms with van der Waals surface area (Å²) in [6, 6.07) is 2.94. The molecule has 2 aromatic rings. The van der Waals surface area contributed by atoms with Gasteiger partial charge in [-0.05, 0) is 12.1 Å². The molecule has 19 heavy (non-hydrogen) atoms. The van der Waals surface area contributed by atoms with Crippen molar-refractivity contribution in [1.82, 2.24) is 9.78 Å². The minimum Gasteiger partial charge on any atom is -0.504 e. The first-order chi connectivity index (χ1) is 9.06. The standard InChI is InChI=1S/C13H10N2O4/c1-15-10-7(5-14-15)11(16)9-6(12(10)17)3-4-8(19-2)13(9)18/h3-5,18H,1-2H3. The zero-order chi connectivity index (χ0) is 13.7. The van der Waals surface area contributed by atoms with E-state index in [1.165, 1.54) is 30.1 Å². The molecule has 0 unspecified atom stereocenters. The predicted molar refractivity (Wildman–Crippen MR) is 64.7 cm³/mol. The number of aryl methyl sites for hydroxylation is 1. The van der Waals surface area contributed by atoms with Crippen molar-refractivity contribution in [2.75, 3.05) is 7.11 Å². The number of hydrogen-bond acceptors (Lipinski definition) is 5. The Hall–Kier alpha value is -2.63. The van der Waals surface area contributed by atoms with E-state index >= 15 is 0 Å². The first-order valence-electron chi connectivity index (χ1n) is 5.57. The third-order valence-electron chi connectivity index (χ3n) is 3.23. The number of hydrogen-bond donors (Lipinski definition) is 1. The van der Waals surface area contributed by atoms with Crippen LogP contribution in [0.1, 0.15) is 32.0 Å². The lowest BCUT2D eigenvalue weighted by Crippen LogP contribution is -2.22. The fourth-order valence-corrected chi connectivity index (χ4v) is 2.29. The lowest BCUT2D eigenvalue weighted by Gasteiger charge is -2.17. The summed E-state index contributed by atoms with van der Waals surface area (Å²) in [5.74, 6) is -0.906. The van der Waals surface area contributed by atoms with Crippen LogP contribution >= 0.6 is 0 Å². The second kappa shape index (κ2) is 3.68. The number of aromatic hydroxyl groups is 1. The molecule has 0 atom stereocenters. The smallest absolute Gasteiger partial charge is 0.212 e. The van der Waals surface area contributed by atoms with Crippen LogP contribution in [0.15, 0.2) is 18.3 Å². The summed E-state index contributed by atoms with van der Waals surface area (Å²) in [7, 11) is 2.98. The van der Waals surface area contributed by atoms with Gasteiger partial charge in [-0.15, -0.1) is 0 Å². The first-order valence-corrected chi connectivity index (χ1v) is 5.57. The number of aromatic nitrogens is 2. The van der Waals surface area contributed by atoms with E-state index in [2.05, 4.69) is 5.10 Å². The molecule has 6 heteroatoms. The quantitative estimate of drug-likeness (QED) is 0.701. The van der Waals surface area contributed by atoms with Crippen LogP contribution in [0.25, 0.3) is 0 Å². The van der Waals surface area contributed by atoms with E-state index in [1.807, 2.05) is 0 Å². The fourth-order valence-electron chi connectivity index (χ4n) is 2.29. The molecule has 0 aliphatic heterocycles. The molecule has 0 radical (unpaired) electrons. The minimum absolute atomic E-state index is 0.0233. The molecule has 6 nitrogen and oxygen atoms in total. The Balaban J connectivity index is 2.34. The number of phenols is 1. The predicted octanol–water partition coefficient (Wildman–Crippen LogP) is 0.910.